The summed E-state index contributed by atoms with van der Waals surface area (Å²) in [5.41, 5.74) is 0.232. The van der Waals surface area contributed by atoms with E-state index in [4.69, 9.17) is 14.6 Å². The molecule has 1 N–H and O–H groups in total. The van der Waals surface area contributed by atoms with Gasteiger partial charge in [0, 0.05) is 24.0 Å². The molecule has 1 heterocycles. The highest BCUT2D eigenvalue weighted by Gasteiger charge is 2.23. The van der Waals surface area contributed by atoms with Crippen LogP contribution in [0.25, 0.3) is 11.3 Å². The number of hydrogen-bond acceptors (Lipinski definition) is 7. The number of aromatic carboxylic acids is 1. The van der Waals surface area contributed by atoms with Crippen molar-refractivity contribution in [3.8, 4) is 22.8 Å². The van der Waals surface area contributed by atoms with Gasteiger partial charge in [-0.3, -0.25) is 0 Å². The zero-order valence-corrected chi connectivity index (χ0v) is 12.8. The first-order chi connectivity index (χ1) is 10.3. The maximum absolute atomic E-state index is 12.0. The molecule has 0 unspecified atom stereocenters. The normalized spacial score (nSPS) is 11.2. The SMILES string of the molecule is COc1cc(-c2cc(C(=O)O)on2)c(S(C)(=O)=O)cc1OC. The lowest BCUT2D eigenvalue weighted by Crippen LogP contribution is -2.02. The van der Waals surface area contributed by atoms with Crippen LogP contribution in [0.15, 0.2) is 27.6 Å². The summed E-state index contributed by atoms with van der Waals surface area (Å²) in [5, 5.41) is 12.5. The average molecular weight is 327 g/mol. The average Bonchev–Trinajstić information content (AvgIpc) is 2.94. The van der Waals surface area contributed by atoms with E-state index in [1.807, 2.05) is 0 Å². The predicted octanol–water partition coefficient (Wildman–Crippen LogP) is 1.46. The lowest BCUT2D eigenvalue weighted by molar-refractivity contribution is 0.0652. The van der Waals surface area contributed by atoms with E-state index in [1.165, 1.54) is 26.4 Å². The van der Waals surface area contributed by atoms with Gasteiger partial charge in [-0.1, -0.05) is 5.16 Å². The Balaban J connectivity index is 2.74. The maximum Gasteiger partial charge on any atom is 0.374 e. The molecule has 0 amide bonds. The van der Waals surface area contributed by atoms with Crippen molar-refractivity contribution >= 4 is 15.8 Å². The fraction of sp³-hybridized carbons (Fsp3) is 0.231. The van der Waals surface area contributed by atoms with Crippen molar-refractivity contribution in [1.29, 1.82) is 0 Å². The number of carboxylic acids is 1. The molecule has 9 heteroatoms. The van der Waals surface area contributed by atoms with Crippen LogP contribution in [0.1, 0.15) is 10.6 Å². The molecule has 118 valence electrons. The van der Waals surface area contributed by atoms with E-state index in [-0.39, 0.29) is 27.7 Å². The molecule has 0 aliphatic heterocycles. The zero-order valence-electron chi connectivity index (χ0n) is 12.0. The summed E-state index contributed by atoms with van der Waals surface area (Å²) < 4.78 is 38.8. The Morgan fingerprint density at radius 1 is 1.18 bits per heavy atom. The molecule has 2 aromatic rings. The van der Waals surface area contributed by atoms with E-state index in [0.29, 0.717) is 0 Å². The van der Waals surface area contributed by atoms with Crippen LogP contribution < -0.4 is 9.47 Å². The first kappa shape index (κ1) is 15.8. The molecule has 2 rings (SSSR count). The van der Waals surface area contributed by atoms with Gasteiger partial charge >= 0.3 is 5.97 Å². The molecule has 0 aliphatic rings. The highest BCUT2D eigenvalue weighted by atomic mass is 32.2. The minimum Gasteiger partial charge on any atom is -0.493 e. The highest BCUT2D eigenvalue weighted by molar-refractivity contribution is 7.90. The van der Waals surface area contributed by atoms with E-state index in [9.17, 15) is 13.2 Å². The molecular weight excluding hydrogens is 314 g/mol. The molecule has 0 spiro atoms. The summed E-state index contributed by atoms with van der Waals surface area (Å²) >= 11 is 0. The maximum atomic E-state index is 12.0. The van der Waals surface area contributed by atoms with Crippen molar-refractivity contribution in [2.75, 3.05) is 20.5 Å². The Bertz CT molecular complexity index is 823. The van der Waals surface area contributed by atoms with Crippen molar-refractivity contribution in [2.24, 2.45) is 0 Å². The molecule has 0 aliphatic carbocycles. The first-order valence-electron chi connectivity index (χ1n) is 5.94. The number of carbonyl (C=O) groups is 1. The van der Waals surface area contributed by atoms with Crippen LogP contribution >= 0.6 is 0 Å². The van der Waals surface area contributed by atoms with Crippen molar-refractivity contribution in [1.82, 2.24) is 5.16 Å². The van der Waals surface area contributed by atoms with E-state index in [1.54, 1.807) is 0 Å². The van der Waals surface area contributed by atoms with Gasteiger partial charge in [-0.25, -0.2) is 13.2 Å². The number of carboxylic acid groups (broad SMARTS) is 1. The van der Waals surface area contributed by atoms with Crippen molar-refractivity contribution in [3.05, 3.63) is 24.0 Å². The number of rotatable bonds is 5. The van der Waals surface area contributed by atoms with Crippen LogP contribution in [0.4, 0.5) is 0 Å². The van der Waals surface area contributed by atoms with Crippen LogP contribution in [0.2, 0.25) is 0 Å². The molecule has 0 bridgehead atoms. The van der Waals surface area contributed by atoms with Gasteiger partial charge in [-0.15, -0.1) is 0 Å². The molecule has 8 nitrogen and oxygen atoms in total. The second-order valence-corrected chi connectivity index (χ2v) is 6.34. The Morgan fingerprint density at radius 3 is 2.23 bits per heavy atom. The Labute approximate surface area is 126 Å². The van der Waals surface area contributed by atoms with Crippen LogP contribution in [0.5, 0.6) is 11.5 Å². The molecule has 0 fully saturated rings. The van der Waals surface area contributed by atoms with Crippen LogP contribution in [-0.4, -0.2) is 45.1 Å². The molecular formula is C13H13NO7S. The molecule has 0 saturated carbocycles. The second-order valence-electron chi connectivity index (χ2n) is 4.36. The topological polar surface area (TPSA) is 116 Å². The van der Waals surface area contributed by atoms with Crippen LogP contribution in [-0.2, 0) is 9.84 Å². The summed E-state index contributed by atoms with van der Waals surface area (Å²) in [6.07, 6.45) is 1.02. The third-order valence-corrected chi connectivity index (χ3v) is 4.02. The molecule has 0 atom stereocenters. The number of nitrogens with zero attached hydrogens (tertiary/aromatic N) is 1. The number of hydrogen-bond donors (Lipinski definition) is 1. The third kappa shape index (κ3) is 2.89. The number of ether oxygens (including phenoxy) is 2. The highest BCUT2D eigenvalue weighted by Crippen LogP contribution is 2.37. The number of aromatic nitrogens is 1. The molecule has 22 heavy (non-hydrogen) atoms. The Kier molecular flexibility index (Phi) is 4.09. The van der Waals surface area contributed by atoms with Crippen molar-refractivity contribution in [3.63, 3.8) is 0 Å². The van der Waals surface area contributed by atoms with Gasteiger partial charge in [0.15, 0.2) is 21.3 Å². The number of sulfone groups is 1. The summed E-state index contributed by atoms with van der Waals surface area (Å²) in [6, 6.07) is 3.83. The van der Waals surface area contributed by atoms with Crippen LogP contribution in [0, 0.1) is 0 Å². The summed E-state index contributed by atoms with van der Waals surface area (Å²) in [5.74, 6) is -1.19. The predicted molar refractivity (Wildman–Crippen MR) is 75.1 cm³/mol. The number of benzene rings is 1. The molecule has 0 saturated heterocycles. The lowest BCUT2D eigenvalue weighted by atomic mass is 10.1. The third-order valence-electron chi connectivity index (χ3n) is 2.88. The summed E-state index contributed by atoms with van der Waals surface area (Å²) in [6.45, 7) is 0. The Hall–Kier alpha value is -2.55. The van der Waals surface area contributed by atoms with E-state index >= 15 is 0 Å². The first-order valence-corrected chi connectivity index (χ1v) is 7.83. The summed E-state index contributed by atoms with van der Waals surface area (Å²) in [4.78, 5) is 10.8. The van der Waals surface area contributed by atoms with Gasteiger partial charge in [0.2, 0.25) is 5.76 Å². The quantitative estimate of drug-likeness (QED) is 0.877. The molecule has 1 aromatic carbocycles. The monoisotopic (exact) mass is 327 g/mol. The van der Waals surface area contributed by atoms with Crippen LogP contribution in [0.3, 0.4) is 0 Å². The fourth-order valence-electron chi connectivity index (χ4n) is 1.87. The van der Waals surface area contributed by atoms with Gasteiger partial charge in [0.05, 0.1) is 19.1 Å². The minimum atomic E-state index is -3.61. The van der Waals surface area contributed by atoms with Gasteiger partial charge in [0.25, 0.3) is 0 Å². The van der Waals surface area contributed by atoms with Gasteiger partial charge in [0.1, 0.15) is 5.69 Å². The standard InChI is InChI=1S/C13H13NO7S/c1-19-9-4-7(8-5-11(13(15)16)21-14-8)12(22(3,17)18)6-10(9)20-2/h4-6H,1-3H3,(H,15,16). The Morgan fingerprint density at radius 2 is 1.77 bits per heavy atom. The van der Waals surface area contributed by atoms with Gasteiger partial charge in [-0.05, 0) is 6.07 Å². The molecule has 1 aromatic heterocycles. The van der Waals surface area contributed by atoms with Gasteiger partial charge < -0.3 is 19.1 Å². The fourth-order valence-corrected chi connectivity index (χ4v) is 2.75. The van der Waals surface area contributed by atoms with E-state index < -0.39 is 21.6 Å². The number of methoxy groups -OCH3 is 2. The lowest BCUT2D eigenvalue weighted by Gasteiger charge is -2.12. The minimum absolute atomic E-state index is 0.0683. The van der Waals surface area contributed by atoms with Crippen molar-refractivity contribution in [2.45, 2.75) is 4.90 Å². The largest absolute Gasteiger partial charge is 0.493 e. The molecule has 0 radical (unpaired) electrons. The second kappa shape index (κ2) is 5.68. The smallest absolute Gasteiger partial charge is 0.374 e. The summed E-state index contributed by atoms with van der Waals surface area (Å²) in [7, 11) is -0.842. The van der Waals surface area contributed by atoms with E-state index in [0.717, 1.165) is 12.3 Å². The zero-order chi connectivity index (χ0) is 16.5. The van der Waals surface area contributed by atoms with Crippen molar-refractivity contribution < 1.29 is 32.3 Å². The van der Waals surface area contributed by atoms with E-state index in [2.05, 4.69) is 9.68 Å². The van der Waals surface area contributed by atoms with Gasteiger partial charge in [-0.2, -0.15) is 0 Å².